The molecular formula is C13H27NO2. The third-order valence-corrected chi connectivity index (χ3v) is 3.65. The van der Waals surface area contributed by atoms with Crippen molar-refractivity contribution in [3.05, 3.63) is 0 Å². The molecule has 2 N–H and O–H groups in total. The van der Waals surface area contributed by atoms with Crippen molar-refractivity contribution in [1.82, 2.24) is 5.32 Å². The number of hydrogen-bond donors (Lipinski definition) is 2. The van der Waals surface area contributed by atoms with E-state index in [2.05, 4.69) is 19.2 Å². The average molecular weight is 229 g/mol. The minimum absolute atomic E-state index is 0.134. The van der Waals surface area contributed by atoms with Crippen LogP contribution in [0.25, 0.3) is 0 Å². The normalized spacial score (nSPS) is 21.9. The molecule has 0 bridgehead atoms. The molecule has 0 aromatic heterocycles. The molecule has 1 rings (SSSR count). The van der Waals surface area contributed by atoms with E-state index in [-0.39, 0.29) is 12.1 Å². The molecule has 1 aliphatic heterocycles. The van der Waals surface area contributed by atoms with Crippen LogP contribution >= 0.6 is 0 Å². The van der Waals surface area contributed by atoms with Crippen molar-refractivity contribution < 1.29 is 9.84 Å². The molecule has 0 aromatic rings. The first-order valence-electron chi connectivity index (χ1n) is 6.66. The van der Waals surface area contributed by atoms with E-state index in [4.69, 9.17) is 4.74 Å². The molecule has 1 heterocycles. The maximum Gasteiger partial charge on any atom is 0.0483 e. The summed E-state index contributed by atoms with van der Waals surface area (Å²) in [6.45, 7) is 7.52. The van der Waals surface area contributed by atoms with Crippen LogP contribution in [-0.2, 0) is 4.74 Å². The number of hydrogen-bond acceptors (Lipinski definition) is 3. The number of rotatable bonds is 7. The molecular weight excluding hydrogens is 202 g/mol. The van der Waals surface area contributed by atoms with Gasteiger partial charge in [0.2, 0.25) is 0 Å². The first-order valence-corrected chi connectivity index (χ1v) is 6.66. The Morgan fingerprint density at radius 1 is 1.38 bits per heavy atom. The molecule has 1 aliphatic rings. The van der Waals surface area contributed by atoms with Crippen molar-refractivity contribution in [2.75, 3.05) is 26.4 Å². The summed E-state index contributed by atoms with van der Waals surface area (Å²) in [6.07, 6.45) is 5.45. The summed E-state index contributed by atoms with van der Waals surface area (Å²) in [5, 5.41) is 12.9. The average Bonchev–Trinajstić information content (AvgIpc) is 2.29. The van der Waals surface area contributed by atoms with E-state index in [0.29, 0.717) is 0 Å². The molecule has 0 radical (unpaired) electrons. The molecule has 0 amide bonds. The van der Waals surface area contributed by atoms with Crippen molar-refractivity contribution >= 4 is 0 Å². The van der Waals surface area contributed by atoms with Crippen LogP contribution in [0.1, 0.15) is 46.0 Å². The van der Waals surface area contributed by atoms with Crippen molar-refractivity contribution in [3.8, 4) is 0 Å². The maximum atomic E-state index is 9.17. The topological polar surface area (TPSA) is 41.5 Å². The van der Waals surface area contributed by atoms with Gasteiger partial charge in [-0.2, -0.15) is 0 Å². The van der Waals surface area contributed by atoms with Crippen molar-refractivity contribution in [1.29, 1.82) is 0 Å². The highest BCUT2D eigenvalue weighted by Gasteiger charge is 2.31. The molecule has 0 aromatic carbocycles. The van der Waals surface area contributed by atoms with Gasteiger partial charge in [0.1, 0.15) is 0 Å². The Morgan fingerprint density at radius 3 is 2.62 bits per heavy atom. The highest BCUT2D eigenvalue weighted by atomic mass is 16.5. The number of aliphatic hydroxyl groups excluding tert-OH is 1. The lowest BCUT2D eigenvalue weighted by Gasteiger charge is -2.38. The SMILES string of the molecule is CCCC(C)CNC1(CCO)CCOCC1. The lowest BCUT2D eigenvalue weighted by atomic mass is 9.86. The van der Waals surface area contributed by atoms with Gasteiger partial charge in [0, 0.05) is 25.4 Å². The molecule has 0 saturated carbocycles. The molecule has 16 heavy (non-hydrogen) atoms. The van der Waals surface area contributed by atoms with Crippen LogP contribution in [-0.4, -0.2) is 37.0 Å². The zero-order chi connectivity index (χ0) is 11.9. The largest absolute Gasteiger partial charge is 0.396 e. The first kappa shape index (κ1) is 13.9. The van der Waals surface area contributed by atoms with Gasteiger partial charge < -0.3 is 15.2 Å². The molecule has 3 heteroatoms. The summed E-state index contributed by atoms with van der Waals surface area (Å²) in [5.74, 6) is 0.725. The zero-order valence-corrected chi connectivity index (χ0v) is 10.8. The van der Waals surface area contributed by atoms with Gasteiger partial charge in [-0.3, -0.25) is 0 Å². The summed E-state index contributed by atoms with van der Waals surface area (Å²) >= 11 is 0. The van der Waals surface area contributed by atoms with E-state index >= 15 is 0 Å². The first-order chi connectivity index (χ1) is 7.72. The second kappa shape index (κ2) is 7.25. The van der Waals surface area contributed by atoms with E-state index in [1.54, 1.807) is 0 Å². The van der Waals surface area contributed by atoms with Crippen LogP contribution in [0, 0.1) is 5.92 Å². The fraction of sp³-hybridized carbons (Fsp3) is 1.00. The molecule has 1 atom stereocenters. The van der Waals surface area contributed by atoms with Crippen molar-refractivity contribution in [2.45, 2.75) is 51.5 Å². The Morgan fingerprint density at radius 2 is 2.06 bits per heavy atom. The monoisotopic (exact) mass is 229 g/mol. The molecule has 96 valence electrons. The van der Waals surface area contributed by atoms with Crippen LogP contribution < -0.4 is 5.32 Å². The van der Waals surface area contributed by atoms with Gasteiger partial charge in [0.05, 0.1) is 0 Å². The number of ether oxygens (including phenoxy) is 1. The smallest absolute Gasteiger partial charge is 0.0483 e. The molecule has 1 saturated heterocycles. The van der Waals surface area contributed by atoms with Gasteiger partial charge in [-0.25, -0.2) is 0 Å². The predicted octanol–water partition coefficient (Wildman–Crippen LogP) is 1.94. The highest BCUT2D eigenvalue weighted by molar-refractivity contribution is 4.90. The quantitative estimate of drug-likeness (QED) is 0.701. The van der Waals surface area contributed by atoms with E-state index in [0.717, 1.165) is 44.9 Å². The maximum absolute atomic E-state index is 9.17. The summed E-state index contributed by atoms with van der Waals surface area (Å²) in [7, 11) is 0. The zero-order valence-electron chi connectivity index (χ0n) is 10.8. The Labute approximate surface area is 99.6 Å². The summed E-state index contributed by atoms with van der Waals surface area (Å²) in [4.78, 5) is 0. The molecule has 0 aliphatic carbocycles. The van der Waals surface area contributed by atoms with E-state index < -0.39 is 0 Å². The Balaban J connectivity index is 2.37. The predicted molar refractivity (Wildman–Crippen MR) is 66.6 cm³/mol. The van der Waals surface area contributed by atoms with Crippen LogP contribution in [0.2, 0.25) is 0 Å². The summed E-state index contributed by atoms with van der Waals surface area (Å²) in [6, 6.07) is 0. The minimum Gasteiger partial charge on any atom is -0.396 e. The van der Waals surface area contributed by atoms with Gasteiger partial charge in [0.15, 0.2) is 0 Å². The Bertz CT molecular complexity index is 173. The Hall–Kier alpha value is -0.120. The number of nitrogens with one attached hydrogen (secondary N) is 1. The third kappa shape index (κ3) is 4.40. The van der Waals surface area contributed by atoms with Crippen LogP contribution in [0.15, 0.2) is 0 Å². The third-order valence-electron chi connectivity index (χ3n) is 3.65. The lowest BCUT2D eigenvalue weighted by molar-refractivity contribution is 0.0260. The Kier molecular flexibility index (Phi) is 6.32. The van der Waals surface area contributed by atoms with Gasteiger partial charge >= 0.3 is 0 Å². The van der Waals surface area contributed by atoms with E-state index in [1.165, 1.54) is 12.8 Å². The van der Waals surface area contributed by atoms with Gasteiger partial charge in [-0.15, -0.1) is 0 Å². The van der Waals surface area contributed by atoms with Gasteiger partial charge in [-0.05, 0) is 38.1 Å². The van der Waals surface area contributed by atoms with Crippen molar-refractivity contribution in [3.63, 3.8) is 0 Å². The second-order valence-electron chi connectivity index (χ2n) is 5.14. The molecule has 3 nitrogen and oxygen atoms in total. The van der Waals surface area contributed by atoms with Crippen LogP contribution in [0.3, 0.4) is 0 Å². The molecule has 1 unspecified atom stereocenters. The van der Waals surface area contributed by atoms with E-state index in [1.807, 2.05) is 0 Å². The van der Waals surface area contributed by atoms with Crippen LogP contribution in [0.5, 0.6) is 0 Å². The standard InChI is InChI=1S/C13H27NO2/c1-3-4-12(2)11-14-13(5-8-15)6-9-16-10-7-13/h12,14-15H,3-11H2,1-2H3. The van der Waals surface area contributed by atoms with E-state index in [9.17, 15) is 5.11 Å². The second-order valence-corrected chi connectivity index (χ2v) is 5.14. The van der Waals surface area contributed by atoms with Crippen molar-refractivity contribution in [2.24, 2.45) is 5.92 Å². The van der Waals surface area contributed by atoms with Gasteiger partial charge in [-0.1, -0.05) is 20.3 Å². The number of aliphatic hydroxyl groups is 1. The molecule has 1 fully saturated rings. The molecule has 0 spiro atoms. The summed E-state index contributed by atoms with van der Waals surface area (Å²) < 4.78 is 5.40. The minimum atomic E-state index is 0.134. The fourth-order valence-corrected chi connectivity index (χ4v) is 2.48. The van der Waals surface area contributed by atoms with Gasteiger partial charge in [0.25, 0.3) is 0 Å². The lowest BCUT2D eigenvalue weighted by Crippen LogP contribution is -2.51. The van der Waals surface area contributed by atoms with Crippen LogP contribution in [0.4, 0.5) is 0 Å². The highest BCUT2D eigenvalue weighted by Crippen LogP contribution is 2.24. The fourth-order valence-electron chi connectivity index (χ4n) is 2.48. The summed E-state index contributed by atoms with van der Waals surface area (Å²) in [5.41, 5.74) is 0.134.